The summed E-state index contributed by atoms with van der Waals surface area (Å²) in [7, 11) is 2.97. The zero-order chi connectivity index (χ0) is 23.3. The summed E-state index contributed by atoms with van der Waals surface area (Å²) in [6, 6.07) is 15.9. The van der Waals surface area contributed by atoms with Gasteiger partial charge in [-0.05, 0) is 49.7 Å². The van der Waals surface area contributed by atoms with E-state index >= 15 is 0 Å². The van der Waals surface area contributed by atoms with Gasteiger partial charge in [-0.1, -0.05) is 18.2 Å². The summed E-state index contributed by atoms with van der Waals surface area (Å²) in [6.45, 7) is 4.80. The van der Waals surface area contributed by atoms with Crippen LogP contribution in [0.5, 0.6) is 11.5 Å². The molecule has 0 spiro atoms. The molecule has 11 heteroatoms. The number of hydrogen-bond donors (Lipinski definition) is 1. The number of carbonyl (C=O) groups excluding carboxylic acids is 1. The molecule has 9 nitrogen and oxygen atoms in total. The van der Waals surface area contributed by atoms with Gasteiger partial charge in [-0.2, -0.15) is 0 Å². The van der Waals surface area contributed by atoms with E-state index in [9.17, 15) is 9.90 Å². The van der Waals surface area contributed by atoms with Crippen molar-refractivity contribution < 1.29 is 35.1 Å². The highest BCUT2D eigenvalue weighted by Gasteiger charge is 2.49. The summed E-state index contributed by atoms with van der Waals surface area (Å²) in [6.07, 6.45) is 0.275. The number of benzene rings is 2. The van der Waals surface area contributed by atoms with E-state index in [0.717, 1.165) is 44.0 Å². The van der Waals surface area contributed by atoms with Crippen molar-refractivity contribution in [1.29, 1.82) is 0 Å². The smallest absolute Gasteiger partial charge is 0.325 e. The monoisotopic (exact) mass is 544 g/mol. The first kappa shape index (κ1) is 31.8. The Bertz CT molecular complexity index is 947. The fourth-order valence-electron chi connectivity index (χ4n) is 4.49. The van der Waals surface area contributed by atoms with Crippen molar-refractivity contribution in [3.8, 4) is 11.5 Å². The van der Waals surface area contributed by atoms with Gasteiger partial charge >= 0.3 is 5.97 Å². The van der Waals surface area contributed by atoms with Crippen molar-refractivity contribution in [2.45, 2.75) is 28.6 Å². The lowest BCUT2D eigenvalue weighted by atomic mass is 9.95. The number of para-hydroxylation sites is 1. The Hall–Kier alpha value is -2.21. The fourth-order valence-corrected chi connectivity index (χ4v) is 5.90. The Morgan fingerprint density at radius 2 is 1.81 bits per heavy atom. The van der Waals surface area contributed by atoms with Crippen LogP contribution >= 0.6 is 24.2 Å². The molecule has 4 rings (SSSR count). The summed E-state index contributed by atoms with van der Waals surface area (Å²) in [4.78, 5) is 18.6. The van der Waals surface area contributed by atoms with E-state index in [-0.39, 0.29) is 30.0 Å². The predicted octanol–water partition coefficient (Wildman–Crippen LogP) is 1.83. The number of halogens is 1. The van der Waals surface area contributed by atoms with Crippen LogP contribution in [-0.4, -0.2) is 91.3 Å². The molecule has 1 saturated heterocycles. The summed E-state index contributed by atoms with van der Waals surface area (Å²) < 4.78 is 15.2. The van der Waals surface area contributed by atoms with Gasteiger partial charge in [0.1, 0.15) is 29.0 Å². The quantitative estimate of drug-likeness (QED) is 0.522. The van der Waals surface area contributed by atoms with Gasteiger partial charge in [-0.15, -0.1) is 24.2 Å². The van der Waals surface area contributed by atoms with Crippen molar-refractivity contribution in [1.82, 2.24) is 4.90 Å². The fraction of sp³-hybridized carbons (Fsp3) is 0.480. The Labute approximate surface area is 222 Å². The highest BCUT2D eigenvalue weighted by atomic mass is 35.5. The van der Waals surface area contributed by atoms with Gasteiger partial charge in [-0.25, -0.2) is 0 Å². The number of esters is 1. The minimum absolute atomic E-state index is 0. The number of thioether (sulfide) groups is 1. The molecule has 0 aliphatic carbocycles. The van der Waals surface area contributed by atoms with Crippen LogP contribution in [0.2, 0.25) is 0 Å². The van der Waals surface area contributed by atoms with Crippen LogP contribution in [0, 0.1) is 0 Å². The molecule has 2 aliphatic heterocycles. The van der Waals surface area contributed by atoms with Crippen LogP contribution in [0.15, 0.2) is 53.4 Å². The summed E-state index contributed by atoms with van der Waals surface area (Å²) in [5.41, 5.74) is 1.26. The molecule has 0 bridgehead atoms. The lowest BCUT2D eigenvalue weighted by Crippen LogP contribution is -2.50. The second-order valence-electron chi connectivity index (χ2n) is 8.39. The van der Waals surface area contributed by atoms with Gasteiger partial charge in [0.15, 0.2) is 0 Å². The number of methoxy groups -OCH3 is 2. The minimum Gasteiger partial charge on any atom is -0.497 e. The Morgan fingerprint density at radius 3 is 2.44 bits per heavy atom. The third-order valence-corrected chi connectivity index (χ3v) is 7.97. The van der Waals surface area contributed by atoms with E-state index in [4.69, 9.17) is 14.2 Å². The number of nitrogens with zero attached hydrogens (tertiary/aromatic N) is 2. The number of fused-ring (bicyclic) bond motifs is 1. The average Bonchev–Trinajstić information content (AvgIpc) is 3.01. The number of hydrogen-bond acceptors (Lipinski definition) is 8. The van der Waals surface area contributed by atoms with E-state index in [1.54, 1.807) is 7.11 Å². The van der Waals surface area contributed by atoms with E-state index in [1.165, 1.54) is 24.6 Å². The molecule has 0 radical (unpaired) electrons. The van der Waals surface area contributed by atoms with Crippen molar-refractivity contribution in [2.24, 2.45) is 0 Å². The van der Waals surface area contributed by atoms with Crippen molar-refractivity contribution in [2.75, 3.05) is 58.5 Å². The highest BCUT2D eigenvalue weighted by Crippen LogP contribution is 2.47. The molecule has 1 fully saturated rings. The largest absolute Gasteiger partial charge is 0.497 e. The molecule has 2 aromatic rings. The SMILES string of the molecule is COC(=O)[C@]1(CCCN2CCN(c3ccccc3)CC2)Sc2cc(OC)ccc2OC[C@@H]1O.Cl.O.O. The molecular formula is C25H37ClN2O7S. The number of aliphatic hydroxyl groups is 1. The summed E-state index contributed by atoms with van der Waals surface area (Å²) >= 11 is 1.32. The van der Waals surface area contributed by atoms with Gasteiger partial charge in [0.2, 0.25) is 0 Å². The maximum atomic E-state index is 13.0. The molecule has 0 unspecified atom stereocenters. The minimum atomic E-state index is -1.13. The highest BCUT2D eigenvalue weighted by molar-refractivity contribution is 8.01. The molecular weight excluding hydrogens is 508 g/mol. The number of piperazine rings is 1. The third kappa shape index (κ3) is 6.96. The Kier molecular flexibility index (Phi) is 12.8. The first-order valence-electron chi connectivity index (χ1n) is 11.3. The van der Waals surface area contributed by atoms with Crippen LogP contribution in [0.1, 0.15) is 12.8 Å². The topological polar surface area (TPSA) is 134 Å². The van der Waals surface area contributed by atoms with Gasteiger partial charge in [0.05, 0.1) is 19.1 Å². The molecule has 2 atom stereocenters. The van der Waals surface area contributed by atoms with Crippen LogP contribution in [0.3, 0.4) is 0 Å². The van der Waals surface area contributed by atoms with Crippen LogP contribution in [0.25, 0.3) is 0 Å². The van der Waals surface area contributed by atoms with Gasteiger partial charge in [0.25, 0.3) is 0 Å². The average molecular weight is 545 g/mol. The molecule has 2 aliphatic rings. The van der Waals surface area contributed by atoms with E-state index in [0.29, 0.717) is 17.9 Å². The summed E-state index contributed by atoms with van der Waals surface area (Å²) in [5.74, 6) is 0.895. The maximum absolute atomic E-state index is 13.0. The number of anilines is 1. The molecule has 36 heavy (non-hydrogen) atoms. The first-order chi connectivity index (χ1) is 16.1. The first-order valence-corrected chi connectivity index (χ1v) is 12.2. The van der Waals surface area contributed by atoms with E-state index < -0.39 is 16.8 Å². The lowest BCUT2D eigenvalue weighted by Gasteiger charge is -2.37. The van der Waals surface area contributed by atoms with Crippen molar-refractivity contribution in [3.05, 3.63) is 48.5 Å². The standard InChI is InChI=1S/C25H32N2O5S.ClH.2H2O/c1-30-20-9-10-21-22(17-20)33-25(24(29)31-2,23(28)18-32-21)11-6-12-26-13-15-27(16-14-26)19-7-4-3-5-8-19;;;/h3-5,7-10,17,23,28H,6,11-16,18H2,1-2H3;1H;2*1H2/t23-,25+;;;/m0.../s1. The number of ether oxygens (including phenoxy) is 3. The molecule has 5 N–H and O–H groups in total. The zero-order valence-electron chi connectivity index (χ0n) is 20.6. The predicted molar refractivity (Wildman–Crippen MR) is 144 cm³/mol. The van der Waals surface area contributed by atoms with Crippen molar-refractivity contribution >= 4 is 35.8 Å². The lowest BCUT2D eigenvalue weighted by molar-refractivity contribution is -0.147. The van der Waals surface area contributed by atoms with Crippen molar-refractivity contribution in [3.63, 3.8) is 0 Å². The zero-order valence-corrected chi connectivity index (χ0v) is 22.3. The molecule has 0 aromatic heterocycles. The van der Waals surface area contributed by atoms with Gasteiger partial charge in [0, 0.05) is 31.9 Å². The number of aliphatic hydroxyl groups excluding tert-OH is 1. The normalized spacial score (nSPS) is 21.3. The second-order valence-corrected chi connectivity index (χ2v) is 9.76. The molecule has 2 aromatic carbocycles. The van der Waals surface area contributed by atoms with Crippen LogP contribution in [0.4, 0.5) is 5.69 Å². The molecule has 2 heterocycles. The van der Waals surface area contributed by atoms with E-state index in [1.807, 2.05) is 24.3 Å². The second kappa shape index (κ2) is 14.5. The van der Waals surface area contributed by atoms with Gasteiger partial charge in [-0.3, -0.25) is 9.69 Å². The Balaban J connectivity index is 0.00000216. The van der Waals surface area contributed by atoms with Crippen LogP contribution in [-0.2, 0) is 9.53 Å². The van der Waals surface area contributed by atoms with Gasteiger partial charge < -0.3 is 35.2 Å². The maximum Gasteiger partial charge on any atom is 0.325 e. The number of rotatable bonds is 7. The number of carbonyl (C=O) groups is 1. The van der Waals surface area contributed by atoms with Crippen LogP contribution < -0.4 is 14.4 Å². The third-order valence-electron chi connectivity index (χ3n) is 6.43. The Morgan fingerprint density at radius 1 is 1.11 bits per heavy atom. The molecule has 202 valence electrons. The summed E-state index contributed by atoms with van der Waals surface area (Å²) in [5, 5.41) is 11.0. The molecule has 0 saturated carbocycles. The van der Waals surface area contributed by atoms with E-state index in [2.05, 4.69) is 34.1 Å². The molecule has 0 amide bonds.